The minimum Gasteiger partial charge on any atom is -0.396 e. The number of amides is 1. The Bertz CT molecular complexity index is 489. The van der Waals surface area contributed by atoms with E-state index in [1.54, 1.807) is 12.4 Å². The maximum atomic E-state index is 11.5. The Morgan fingerprint density at radius 1 is 1.39 bits per heavy atom. The summed E-state index contributed by atoms with van der Waals surface area (Å²) >= 11 is 0. The fraction of sp³-hybridized carbons (Fsp3) is 0.364. The number of nitrogens with one attached hydrogen (secondary N) is 1. The molecule has 2 heterocycles. The molecule has 0 atom stereocenters. The molecule has 0 aliphatic carbocycles. The van der Waals surface area contributed by atoms with Gasteiger partial charge in [-0.2, -0.15) is 10.2 Å². The van der Waals surface area contributed by atoms with Gasteiger partial charge in [-0.3, -0.25) is 14.2 Å². The van der Waals surface area contributed by atoms with Crippen LogP contribution < -0.4 is 11.1 Å². The maximum Gasteiger partial charge on any atom is 0.241 e. The summed E-state index contributed by atoms with van der Waals surface area (Å²) in [7, 11) is 0. The molecule has 0 bridgehead atoms. The molecule has 2 aromatic heterocycles. The zero-order valence-corrected chi connectivity index (χ0v) is 9.99. The van der Waals surface area contributed by atoms with Gasteiger partial charge in [0.2, 0.25) is 5.91 Å². The number of aromatic nitrogens is 4. The molecule has 96 valence electrons. The lowest BCUT2D eigenvalue weighted by atomic mass is 10.4. The van der Waals surface area contributed by atoms with Crippen molar-refractivity contribution in [1.29, 1.82) is 0 Å². The largest absolute Gasteiger partial charge is 0.396 e. The molecule has 0 spiro atoms. The van der Waals surface area contributed by atoms with E-state index in [4.69, 9.17) is 5.73 Å². The Morgan fingerprint density at radius 3 is 2.94 bits per heavy atom. The van der Waals surface area contributed by atoms with Gasteiger partial charge in [-0.1, -0.05) is 0 Å². The molecule has 7 heteroatoms. The van der Waals surface area contributed by atoms with Crippen LogP contribution in [0.25, 0.3) is 0 Å². The Labute approximate surface area is 105 Å². The SMILES string of the molecule is Nc1cnn(CC(=O)NCCCn2cccn2)c1. The highest BCUT2D eigenvalue weighted by molar-refractivity contribution is 5.75. The van der Waals surface area contributed by atoms with E-state index in [0.29, 0.717) is 12.2 Å². The van der Waals surface area contributed by atoms with E-state index >= 15 is 0 Å². The second-order valence-electron chi connectivity index (χ2n) is 3.94. The van der Waals surface area contributed by atoms with Crippen molar-refractivity contribution in [3.05, 3.63) is 30.9 Å². The van der Waals surface area contributed by atoms with Gasteiger partial charge in [0.25, 0.3) is 0 Å². The van der Waals surface area contributed by atoms with E-state index in [0.717, 1.165) is 13.0 Å². The van der Waals surface area contributed by atoms with Gasteiger partial charge in [0.1, 0.15) is 6.54 Å². The molecule has 1 amide bonds. The van der Waals surface area contributed by atoms with Crippen LogP contribution in [0.3, 0.4) is 0 Å². The topological polar surface area (TPSA) is 90.8 Å². The van der Waals surface area contributed by atoms with Gasteiger partial charge in [-0.15, -0.1) is 0 Å². The molecule has 3 N–H and O–H groups in total. The minimum atomic E-state index is -0.0708. The van der Waals surface area contributed by atoms with Crippen molar-refractivity contribution in [3.8, 4) is 0 Å². The number of rotatable bonds is 6. The van der Waals surface area contributed by atoms with Crippen LogP contribution in [0.2, 0.25) is 0 Å². The first-order valence-corrected chi connectivity index (χ1v) is 5.76. The molecule has 0 aliphatic heterocycles. The predicted molar refractivity (Wildman–Crippen MR) is 66.5 cm³/mol. The molecule has 0 saturated carbocycles. The Balaban J connectivity index is 1.63. The molecule has 0 unspecified atom stereocenters. The number of carbonyl (C=O) groups excluding carboxylic acids is 1. The highest BCUT2D eigenvalue weighted by Gasteiger charge is 2.03. The zero-order valence-electron chi connectivity index (χ0n) is 9.99. The van der Waals surface area contributed by atoms with Gasteiger partial charge in [0, 0.05) is 31.7 Å². The quantitative estimate of drug-likeness (QED) is 0.697. The highest BCUT2D eigenvalue weighted by Crippen LogP contribution is 1.97. The van der Waals surface area contributed by atoms with Gasteiger partial charge in [0.15, 0.2) is 0 Å². The number of nitrogens with zero attached hydrogens (tertiary/aromatic N) is 4. The second kappa shape index (κ2) is 5.85. The monoisotopic (exact) mass is 248 g/mol. The summed E-state index contributed by atoms with van der Waals surface area (Å²) in [6, 6.07) is 1.88. The Hall–Kier alpha value is -2.31. The van der Waals surface area contributed by atoms with Crippen LogP contribution in [0.4, 0.5) is 5.69 Å². The number of carbonyl (C=O) groups is 1. The first-order valence-electron chi connectivity index (χ1n) is 5.76. The van der Waals surface area contributed by atoms with E-state index in [1.165, 1.54) is 10.9 Å². The molecule has 0 aliphatic rings. The summed E-state index contributed by atoms with van der Waals surface area (Å²) in [6.45, 7) is 1.61. The third-order valence-corrected chi connectivity index (χ3v) is 2.40. The molecular weight excluding hydrogens is 232 g/mol. The van der Waals surface area contributed by atoms with Crippen LogP contribution in [0.1, 0.15) is 6.42 Å². The fourth-order valence-electron chi connectivity index (χ4n) is 1.57. The molecule has 0 fully saturated rings. The lowest BCUT2D eigenvalue weighted by molar-refractivity contribution is -0.121. The van der Waals surface area contributed by atoms with E-state index in [1.807, 2.05) is 16.9 Å². The summed E-state index contributed by atoms with van der Waals surface area (Å²) in [5, 5.41) is 10.8. The van der Waals surface area contributed by atoms with Crippen LogP contribution in [0, 0.1) is 0 Å². The number of nitrogen functional groups attached to an aromatic ring is 1. The molecule has 7 nitrogen and oxygen atoms in total. The van der Waals surface area contributed by atoms with Gasteiger partial charge < -0.3 is 11.1 Å². The van der Waals surface area contributed by atoms with Crippen molar-refractivity contribution in [2.24, 2.45) is 0 Å². The van der Waals surface area contributed by atoms with Gasteiger partial charge in [-0.25, -0.2) is 0 Å². The van der Waals surface area contributed by atoms with Crippen molar-refractivity contribution in [3.63, 3.8) is 0 Å². The summed E-state index contributed by atoms with van der Waals surface area (Å²) < 4.78 is 3.35. The average Bonchev–Trinajstić information content (AvgIpc) is 2.96. The lowest BCUT2D eigenvalue weighted by Crippen LogP contribution is -2.29. The molecule has 0 aromatic carbocycles. The summed E-state index contributed by atoms with van der Waals surface area (Å²) in [5.74, 6) is -0.0708. The van der Waals surface area contributed by atoms with Crippen LogP contribution >= 0.6 is 0 Å². The first kappa shape index (κ1) is 12.2. The first-order chi connectivity index (χ1) is 8.74. The van der Waals surface area contributed by atoms with Crippen LogP contribution in [0.5, 0.6) is 0 Å². The Kier molecular flexibility index (Phi) is 3.95. The van der Waals surface area contributed by atoms with Crippen molar-refractivity contribution in [2.75, 3.05) is 12.3 Å². The predicted octanol–water partition coefficient (Wildman–Crippen LogP) is -0.132. The van der Waals surface area contributed by atoms with Gasteiger partial charge in [-0.05, 0) is 12.5 Å². The van der Waals surface area contributed by atoms with Crippen LogP contribution in [0.15, 0.2) is 30.9 Å². The fourth-order valence-corrected chi connectivity index (χ4v) is 1.57. The Morgan fingerprint density at radius 2 is 2.28 bits per heavy atom. The van der Waals surface area contributed by atoms with E-state index in [9.17, 15) is 4.79 Å². The highest BCUT2D eigenvalue weighted by atomic mass is 16.2. The molecule has 2 rings (SSSR count). The number of hydrogen-bond acceptors (Lipinski definition) is 4. The number of anilines is 1. The van der Waals surface area contributed by atoms with Crippen molar-refractivity contribution < 1.29 is 4.79 Å². The molecular formula is C11H16N6O. The third-order valence-electron chi connectivity index (χ3n) is 2.40. The number of hydrogen-bond donors (Lipinski definition) is 2. The zero-order chi connectivity index (χ0) is 12.8. The lowest BCUT2D eigenvalue weighted by Gasteiger charge is -2.05. The minimum absolute atomic E-state index is 0.0708. The van der Waals surface area contributed by atoms with E-state index in [2.05, 4.69) is 15.5 Å². The number of nitrogens with two attached hydrogens (primary N) is 1. The van der Waals surface area contributed by atoms with Crippen molar-refractivity contribution in [2.45, 2.75) is 19.5 Å². The second-order valence-corrected chi connectivity index (χ2v) is 3.94. The number of aryl methyl sites for hydroxylation is 1. The molecule has 0 radical (unpaired) electrons. The summed E-state index contributed by atoms with van der Waals surface area (Å²) in [5.41, 5.74) is 6.06. The van der Waals surface area contributed by atoms with E-state index in [-0.39, 0.29) is 12.5 Å². The normalized spacial score (nSPS) is 10.4. The standard InChI is InChI=1S/C11H16N6O/c12-10-7-15-17(8-10)9-11(18)13-3-1-5-16-6-2-4-14-16/h2,4,6-8H,1,3,5,9,12H2,(H,13,18). The molecule has 18 heavy (non-hydrogen) atoms. The van der Waals surface area contributed by atoms with E-state index < -0.39 is 0 Å². The maximum absolute atomic E-state index is 11.5. The molecule has 2 aromatic rings. The van der Waals surface area contributed by atoms with Gasteiger partial charge in [0.05, 0.1) is 11.9 Å². The summed E-state index contributed by atoms with van der Waals surface area (Å²) in [6.07, 6.45) is 7.62. The smallest absolute Gasteiger partial charge is 0.241 e. The summed E-state index contributed by atoms with van der Waals surface area (Å²) in [4.78, 5) is 11.5. The average molecular weight is 248 g/mol. The van der Waals surface area contributed by atoms with Crippen LogP contribution in [-0.4, -0.2) is 32.0 Å². The van der Waals surface area contributed by atoms with Crippen molar-refractivity contribution in [1.82, 2.24) is 24.9 Å². The van der Waals surface area contributed by atoms with Crippen molar-refractivity contribution >= 4 is 11.6 Å². The molecule has 0 saturated heterocycles. The third kappa shape index (κ3) is 3.62. The van der Waals surface area contributed by atoms with Crippen LogP contribution in [-0.2, 0) is 17.9 Å². The van der Waals surface area contributed by atoms with Gasteiger partial charge >= 0.3 is 0 Å².